The van der Waals surface area contributed by atoms with Gasteiger partial charge in [-0.2, -0.15) is 5.26 Å². The Labute approximate surface area is 264 Å². The lowest BCUT2D eigenvalue weighted by molar-refractivity contribution is -0.130. The van der Waals surface area contributed by atoms with Crippen molar-refractivity contribution < 1.29 is 18.8 Å². The number of hydrogen-bond donors (Lipinski definition) is 4. The van der Waals surface area contributed by atoms with Gasteiger partial charge in [0.05, 0.1) is 18.0 Å². The van der Waals surface area contributed by atoms with E-state index in [0.29, 0.717) is 67.1 Å². The van der Waals surface area contributed by atoms with E-state index < -0.39 is 23.3 Å². The summed E-state index contributed by atoms with van der Waals surface area (Å²) in [6.45, 7) is 0.960. The van der Waals surface area contributed by atoms with Crippen LogP contribution in [-0.2, 0) is 23.1 Å². The molecule has 11 nitrogen and oxygen atoms in total. The Morgan fingerprint density at radius 1 is 0.978 bits per heavy atom. The van der Waals surface area contributed by atoms with E-state index in [0.717, 1.165) is 28.7 Å². The zero-order chi connectivity index (χ0) is 32.4. The van der Waals surface area contributed by atoms with Gasteiger partial charge in [-0.3, -0.25) is 14.4 Å². The van der Waals surface area contributed by atoms with Crippen LogP contribution in [-0.4, -0.2) is 63.5 Å². The molecule has 1 atom stereocenters. The lowest BCUT2D eigenvalue weighted by Gasteiger charge is -2.35. The molecule has 1 aromatic heterocycles. The number of H-pyrrole nitrogens is 1. The van der Waals surface area contributed by atoms with Gasteiger partial charge in [-0.25, -0.2) is 4.39 Å². The Morgan fingerprint density at radius 2 is 1.61 bits per heavy atom. The number of hydrogen-bond acceptors (Lipinski definition) is 7. The number of primary amides is 2. The first-order valence-electron chi connectivity index (χ1n) is 15.2. The van der Waals surface area contributed by atoms with E-state index in [1.165, 1.54) is 12.1 Å². The topological polar surface area (TPSA) is 184 Å². The summed E-state index contributed by atoms with van der Waals surface area (Å²) >= 11 is 0. The standard InChI is InChI=1S/C34H33FN8O3/c35-25-9-5-20(6-10-25)32-40-33(42-41-32)34(13-14-39-19-29(44)43-15-1-2-26(43)18-36)27-11-7-23(30(37)45)16-21(27)3-4-22-17-24(31(38)46)8-12-28(22)34/h5-12,16-17,26,39H,1-4,13-15,19H2,(H2,37,45)(H2,38,46)(H,40,41,42)/t26-/m0/s1. The molecule has 234 valence electrons. The molecule has 6 rings (SSSR count). The van der Waals surface area contributed by atoms with Crippen LogP contribution in [0.15, 0.2) is 60.7 Å². The van der Waals surface area contributed by atoms with E-state index >= 15 is 0 Å². The molecule has 3 aromatic carbocycles. The molecule has 12 heteroatoms. The van der Waals surface area contributed by atoms with Crippen LogP contribution < -0.4 is 16.8 Å². The highest BCUT2D eigenvalue weighted by atomic mass is 19.1. The number of rotatable bonds is 9. The molecule has 0 bridgehead atoms. The van der Waals surface area contributed by atoms with Gasteiger partial charge in [0, 0.05) is 23.2 Å². The monoisotopic (exact) mass is 620 g/mol. The van der Waals surface area contributed by atoms with Crippen LogP contribution in [0.25, 0.3) is 11.4 Å². The van der Waals surface area contributed by atoms with Crippen molar-refractivity contribution in [2.45, 2.75) is 43.6 Å². The second kappa shape index (κ2) is 12.5. The minimum absolute atomic E-state index is 0.0481. The van der Waals surface area contributed by atoms with Crippen molar-refractivity contribution in [2.24, 2.45) is 11.5 Å². The smallest absolute Gasteiger partial charge is 0.248 e. The van der Waals surface area contributed by atoms with Crippen molar-refractivity contribution in [2.75, 3.05) is 19.6 Å². The summed E-state index contributed by atoms with van der Waals surface area (Å²) in [6.07, 6.45) is 2.95. The molecule has 3 amide bonds. The van der Waals surface area contributed by atoms with Crippen LogP contribution >= 0.6 is 0 Å². The Bertz CT molecular complexity index is 1800. The number of benzene rings is 3. The van der Waals surface area contributed by atoms with Crippen LogP contribution in [0.4, 0.5) is 4.39 Å². The van der Waals surface area contributed by atoms with E-state index in [2.05, 4.69) is 26.6 Å². The van der Waals surface area contributed by atoms with Crippen LogP contribution in [0.3, 0.4) is 0 Å². The molecule has 6 N–H and O–H groups in total. The van der Waals surface area contributed by atoms with Gasteiger partial charge in [0.15, 0.2) is 5.82 Å². The molecule has 1 saturated heterocycles. The lowest BCUT2D eigenvalue weighted by Crippen LogP contribution is -2.42. The molecule has 0 saturated carbocycles. The Balaban J connectivity index is 1.46. The molecular weight excluding hydrogens is 587 g/mol. The van der Waals surface area contributed by atoms with Gasteiger partial charge < -0.3 is 26.7 Å². The van der Waals surface area contributed by atoms with Crippen molar-refractivity contribution in [1.29, 1.82) is 5.26 Å². The number of carbonyl (C=O) groups is 3. The van der Waals surface area contributed by atoms with Crippen LogP contribution in [0, 0.1) is 17.1 Å². The molecular formula is C34H33FN8O3. The highest BCUT2D eigenvalue weighted by molar-refractivity contribution is 5.94. The van der Waals surface area contributed by atoms with Gasteiger partial charge in [0.1, 0.15) is 17.7 Å². The summed E-state index contributed by atoms with van der Waals surface area (Å²) in [5.41, 5.74) is 15.2. The third kappa shape index (κ3) is 5.61. The largest absolute Gasteiger partial charge is 0.366 e. The molecule has 1 aliphatic carbocycles. The van der Waals surface area contributed by atoms with Crippen LogP contribution in [0.2, 0.25) is 0 Å². The predicted molar refractivity (Wildman–Crippen MR) is 167 cm³/mol. The average Bonchev–Trinajstić information content (AvgIpc) is 3.73. The van der Waals surface area contributed by atoms with Gasteiger partial charge in [-0.15, -0.1) is 10.2 Å². The van der Waals surface area contributed by atoms with Crippen LogP contribution in [0.5, 0.6) is 0 Å². The van der Waals surface area contributed by atoms with Gasteiger partial charge in [0.25, 0.3) is 0 Å². The SMILES string of the molecule is N#C[C@@H]1CCCN1C(=O)CNCCC1(c2nnc(-c3ccc(F)cc3)[nH]2)c2ccc(C(N)=O)cc2CCc2cc(C(N)=O)ccc21. The van der Waals surface area contributed by atoms with Crippen molar-refractivity contribution in [3.63, 3.8) is 0 Å². The van der Waals surface area contributed by atoms with Gasteiger partial charge in [0.2, 0.25) is 17.7 Å². The van der Waals surface area contributed by atoms with E-state index in [4.69, 9.17) is 11.5 Å². The first-order valence-corrected chi connectivity index (χ1v) is 15.2. The number of nitrogens with zero attached hydrogens (tertiary/aromatic N) is 4. The molecule has 1 fully saturated rings. The molecule has 2 heterocycles. The second-order valence-electron chi connectivity index (χ2n) is 11.7. The molecule has 0 unspecified atom stereocenters. The number of nitriles is 1. The number of halogens is 1. The quantitative estimate of drug-likeness (QED) is 0.207. The number of likely N-dealkylation sites (tertiary alicyclic amines) is 1. The number of carbonyl (C=O) groups excluding carboxylic acids is 3. The maximum atomic E-state index is 13.7. The summed E-state index contributed by atoms with van der Waals surface area (Å²) in [4.78, 5) is 42.4. The molecule has 0 spiro atoms. The zero-order valence-corrected chi connectivity index (χ0v) is 25.1. The van der Waals surface area contributed by atoms with Crippen molar-refractivity contribution in [3.05, 3.63) is 106 Å². The zero-order valence-electron chi connectivity index (χ0n) is 25.1. The molecule has 4 aromatic rings. The predicted octanol–water partition coefficient (Wildman–Crippen LogP) is 2.74. The number of nitrogens with one attached hydrogen (secondary N) is 2. The Kier molecular flexibility index (Phi) is 8.34. The highest BCUT2D eigenvalue weighted by Gasteiger charge is 2.44. The summed E-state index contributed by atoms with van der Waals surface area (Å²) in [5.74, 6) is -0.701. The summed E-state index contributed by atoms with van der Waals surface area (Å²) in [6, 6.07) is 18.4. The third-order valence-corrected chi connectivity index (χ3v) is 9.05. The third-order valence-electron chi connectivity index (χ3n) is 9.05. The molecule has 0 radical (unpaired) electrons. The normalized spacial score (nSPS) is 16.6. The molecule has 1 aliphatic heterocycles. The molecule has 2 aliphatic rings. The van der Waals surface area contributed by atoms with Gasteiger partial charge in [-0.1, -0.05) is 12.1 Å². The lowest BCUT2D eigenvalue weighted by atomic mass is 9.69. The first-order chi connectivity index (χ1) is 22.2. The summed E-state index contributed by atoms with van der Waals surface area (Å²) in [7, 11) is 0. The van der Waals surface area contributed by atoms with Crippen molar-refractivity contribution >= 4 is 17.7 Å². The Hall–Kier alpha value is -5.41. The van der Waals surface area contributed by atoms with Gasteiger partial charge >= 0.3 is 0 Å². The fourth-order valence-electron chi connectivity index (χ4n) is 6.76. The van der Waals surface area contributed by atoms with Crippen LogP contribution in [0.1, 0.15) is 68.1 Å². The highest BCUT2D eigenvalue weighted by Crippen LogP contribution is 2.46. The fourth-order valence-corrected chi connectivity index (χ4v) is 6.76. The summed E-state index contributed by atoms with van der Waals surface area (Å²) in [5, 5.41) is 21.8. The van der Waals surface area contributed by atoms with Crippen molar-refractivity contribution in [3.8, 4) is 17.5 Å². The summed E-state index contributed by atoms with van der Waals surface area (Å²) < 4.78 is 13.7. The van der Waals surface area contributed by atoms with E-state index in [1.54, 1.807) is 41.3 Å². The minimum Gasteiger partial charge on any atom is -0.366 e. The maximum Gasteiger partial charge on any atom is 0.248 e. The number of aromatic amines is 1. The minimum atomic E-state index is -0.988. The average molecular weight is 621 g/mol. The second-order valence-corrected chi connectivity index (χ2v) is 11.7. The molecule has 46 heavy (non-hydrogen) atoms. The first kappa shape index (κ1) is 30.6. The van der Waals surface area contributed by atoms with Gasteiger partial charge in [-0.05, 0) is 109 Å². The number of aryl methyl sites for hydroxylation is 2. The number of nitrogens with two attached hydrogens (primary N) is 2. The van der Waals surface area contributed by atoms with E-state index in [1.807, 2.05) is 12.1 Å². The van der Waals surface area contributed by atoms with E-state index in [-0.39, 0.29) is 18.3 Å². The number of aromatic nitrogens is 3. The fraction of sp³-hybridized carbons (Fsp3) is 0.294. The number of amides is 3. The Morgan fingerprint density at radius 3 is 2.20 bits per heavy atom. The maximum absolute atomic E-state index is 13.7. The van der Waals surface area contributed by atoms with Crippen molar-refractivity contribution in [1.82, 2.24) is 25.4 Å². The number of fused-ring (bicyclic) bond motifs is 2. The van der Waals surface area contributed by atoms with E-state index in [9.17, 15) is 24.0 Å².